The van der Waals surface area contributed by atoms with Crippen LogP contribution in [-0.2, 0) is 9.47 Å². The highest BCUT2D eigenvalue weighted by Crippen LogP contribution is 2.44. The van der Waals surface area contributed by atoms with E-state index in [1.807, 2.05) is 6.26 Å². The number of thioether (sulfide) groups is 1. The molecular weight excluding hydrogens is 308 g/mol. The van der Waals surface area contributed by atoms with Gasteiger partial charge in [0.2, 0.25) is 0 Å². The number of hydrogen-bond donors (Lipinski definition) is 1. The monoisotopic (exact) mass is 330 g/mol. The zero-order chi connectivity index (χ0) is 15.6. The third kappa shape index (κ3) is 3.46. The van der Waals surface area contributed by atoms with Crippen molar-refractivity contribution in [2.75, 3.05) is 36.6 Å². The van der Waals surface area contributed by atoms with E-state index in [-0.39, 0.29) is 18.2 Å². The SMILES string of the molecule is CCOC(=O)c1sc(N2CC(C)OC(C)C2)c(SC)c1N. The molecule has 118 valence electrons. The van der Waals surface area contributed by atoms with Crippen LogP contribution in [0.1, 0.15) is 30.4 Å². The van der Waals surface area contributed by atoms with Gasteiger partial charge in [0.05, 0.1) is 29.4 Å². The van der Waals surface area contributed by atoms with Gasteiger partial charge in [0.1, 0.15) is 9.88 Å². The molecule has 1 aromatic heterocycles. The van der Waals surface area contributed by atoms with Crippen LogP contribution in [0.2, 0.25) is 0 Å². The Morgan fingerprint density at radius 1 is 1.48 bits per heavy atom. The first kappa shape index (κ1) is 16.5. The molecule has 5 nitrogen and oxygen atoms in total. The van der Waals surface area contributed by atoms with Crippen LogP contribution < -0.4 is 10.6 Å². The Morgan fingerprint density at radius 2 is 2.10 bits per heavy atom. The summed E-state index contributed by atoms with van der Waals surface area (Å²) < 4.78 is 10.9. The van der Waals surface area contributed by atoms with Crippen LogP contribution in [0.15, 0.2) is 4.90 Å². The summed E-state index contributed by atoms with van der Waals surface area (Å²) in [7, 11) is 0. The molecule has 0 aromatic carbocycles. The quantitative estimate of drug-likeness (QED) is 0.676. The molecule has 0 bridgehead atoms. The Bertz CT molecular complexity index is 509. The van der Waals surface area contributed by atoms with Crippen molar-refractivity contribution in [3.05, 3.63) is 4.88 Å². The molecule has 0 amide bonds. The molecule has 1 aliphatic heterocycles. The molecular formula is C14H22N2O3S2. The number of rotatable bonds is 4. The molecule has 0 saturated carbocycles. The molecule has 1 fully saturated rings. The van der Waals surface area contributed by atoms with E-state index in [2.05, 4.69) is 18.7 Å². The third-order valence-corrected chi connectivity index (χ3v) is 5.45. The van der Waals surface area contributed by atoms with E-state index in [0.29, 0.717) is 17.2 Å². The van der Waals surface area contributed by atoms with E-state index in [9.17, 15) is 4.79 Å². The van der Waals surface area contributed by atoms with Gasteiger partial charge in [-0.15, -0.1) is 23.1 Å². The minimum atomic E-state index is -0.337. The average molecular weight is 330 g/mol. The van der Waals surface area contributed by atoms with Crippen LogP contribution in [0.3, 0.4) is 0 Å². The molecule has 0 radical (unpaired) electrons. The lowest BCUT2D eigenvalue weighted by atomic mass is 10.2. The van der Waals surface area contributed by atoms with Gasteiger partial charge in [-0.3, -0.25) is 0 Å². The highest BCUT2D eigenvalue weighted by molar-refractivity contribution is 7.99. The fourth-order valence-corrected chi connectivity index (χ4v) is 4.61. The molecule has 2 N–H and O–H groups in total. The van der Waals surface area contributed by atoms with Gasteiger partial charge >= 0.3 is 5.97 Å². The van der Waals surface area contributed by atoms with Crippen molar-refractivity contribution in [1.82, 2.24) is 0 Å². The summed E-state index contributed by atoms with van der Waals surface area (Å²) >= 11 is 2.99. The lowest BCUT2D eigenvalue weighted by Gasteiger charge is -2.36. The van der Waals surface area contributed by atoms with Crippen molar-refractivity contribution in [3.63, 3.8) is 0 Å². The zero-order valence-corrected chi connectivity index (χ0v) is 14.5. The van der Waals surface area contributed by atoms with Crippen molar-refractivity contribution in [1.29, 1.82) is 0 Å². The summed E-state index contributed by atoms with van der Waals surface area (Å²) in [6.07, 6.45) is 2.31. The van der Waals surface area contributed by atoms with Crippen molar-refractivity contribution in [3.8, 4) is 0 Å². The number of nitrogens with zero attached hydrogens (tertiary/aromatic N) is 1. The molecule has 1 saturated heterocycles. The topological polar surface area (TPSA) is 64.8 Å². The second-order valence-corrected chi connectivity index (χ2v) is 6.88. The standard InChI is InChI=1S/C14H22N2O3S2/c1-5-18-14(17)12-10(15)11(20-4)13(21-12)16-6-8(2)19-9(3)7-16/h8-9H,5-7,15H2,1-4H3. The predicted octanol–water partition coefficient (Wildman–Crippen LogP) is 2.84. The van der Waals surface area contributed by atoms with Crippen LogP contribution in [-0.4, -0.2) is 44.1 Å². The van der Waals surface area contributed by atoms with Gasteiger partial charge in [-0.05, 0) is 27.0 Å². The largest absolute Gasteiger partial charge is 0.462 e. The molecule has 0 aliphatic carbocycles. The van der Waals surface area contributed by atoms with Crippen LogP contribution in [0.25, 0.3) is 0 Å². The van der Waals surface area contributed by atoms with Crippen LogP contribution in [0, 0.1) is 0 Å². The minimum absolute atomic E-state index is 0.165. The zero-order valence-electron chi connectivity index (χ0n) is 12.8. The molecule has 2 unspecified atom stereocenters. The summed E-state index contributed by atoms with van der Waals surface area (Å²) in [5.74, 6) is -0.337. The minimum Gasteiger partial charge on any atom is -0.462 e. The first-order valence-electron chi connectivity index (χ1n) is 7.01. The summed E-state index contributed by atoms with van der Waals surface area (Å²) in [6, 6.07) is 0. The first-order valence-corrected chi connectivity index (χ1v) is 9.05. The van der Waals surface area contributed by atoms with E-state index in [1.54, 1.807) is 18.7 Å². The summed E-state index contributed by atoms with van der Waals surface area (Å²) in [5, 5.41) is 1.05. The normalized spacial score (nSPS) is 22.4. The number of carbonyl (C=O) groups excluding carboxylic acids is 1. The Morgan fingerprint density at radius 3 is 2.62 bits per heavy atom. The number of anilines is 2. The molecule has 2 rings (SSSR count). The number of thiophene rings is 1. The number of nitrogens with two attached hydrogens (primary N) is 1. The summed E-state index contributed by atoms with van der Waals surface area (Å²) in [5.41, 5.74) is 6.69. The molecule has 1 aliphatic rings. The number of hydrogen-bond acceptors (Lipinski definition) is 7. The molecule has 0 spiro atoms. The lowest BCUT2D eigenvalue weighted by Crippen LogP contribution is -2.45. The fraction of sp³-hybridized carbons (Fsp3) is 0.643. The Kier molecular flexibility index (Phi) is 5.40. The van der Waals surface area contributed by atoms with Crippen molar-refractivity contribution in [2.45, 2.75) is 37.9 Å². The Balaban J connectivity index is 2.34. The molecule has 2 atom stereocenters. The second kappa shape index (κ2) is 6.89. The van der Waals surface area contributed by atoms with Gasteiger partial charge in [-0.1, -0.05) is 0 Å². The Hall–Kier alpha value is -0.920. The number of nitrogen functional groups attached to an aromatic ring is 1. The van der Waals surface area contributed by atoms with Gasteiger partial charge < -0.3 is 20.1 Å². The summed E-state index contributed by atoms with van der Waals surface area (Å²) in [4.78, 5) is 15.7. The highest BCUT2D eigenvalue weighted by Gasteiger charge is 2.29. The number of carbonyl (C=O) groups is 1. The maximum atomic E-state index is 12.0. The Labute approximate surface area is 133 Å². The van der Waals surface area contributed by atoms with E-state index in [0.717, 1.165) is 23.0 Å². The fourth-order valence-electron chi connectivity index (χ4n) is 2.51. The van der Waals surface area contributed by atoms with E-state index < -0.39 is 0 Å². The number of esters is 1. The van der Waals surface area contributed by atoms with Crippen molar-refractivity contribution >= 4 is 39.8 Å². The highest BCUT2D eigenvalue weighted by atomic mass is 32.2. The lowest BCUT2D eigenvalue weighted by molar-refractivity contribution is -0.00513. The maximum Gasteiger partial charge on any atom is 0.350 e. The maximum absolute atomic E-state index is 12.0. The number of morpholine rings is 1. The molecule has 1 aromatic rings. The molecule has 7 heteroatoms. The molecule has 2 heterocycles. The summed E-state index contributed by atoms with van der Waals surface area (Å²) in [6.45, 7) is 7.88. The average Bonchev–Trinajstić information content (AvgIpc) is 2.75. The number of ether oxygens (including phenoxy) is 2. The van der Waals surface area contributed by atoms with Gasteiger partial charge in [-0.2, -0.15) is 0 Å². The third-order valence-electron chi connectivity index (χ3n) is 3.25. The van der Waals surface area contributed by atoms with Gasteiger partial charge in [0, 0.05) is 13.1 Å². The van der Waals surface area contributed by atoms with E-state index >= 15 is 0 Å². The smallest absolute Gasteiger partial charge is 0.350 e. The van der Waals surface area contributed by atoms with E-state index in [1.165, 1.54) is 11.3 Å². The van der Waals surface area contributed by atoms with Crippen LogP contribution in [0.4, 0.5) is 10.7 Å². The van der Waals surface area contributed by atoms with E-state index in [4.69, 9.17) is 15.2 Å². The van der Waals surface area contributed by atoms with Crippen molar-refractivity contribution < 1.29 is 14.3 Å². The van der Waals surface area contributed by atoms with Gasteiger partial charge in [0.25, 0.3) is 0 Å². The van der Waals surface area contributed by atoms with Gasteiger partial charge in [-0.25, -0.2) is 4.79 Å². The van der Waals surface area contributed by atoms with Crippen molar-refractivity contribution in [2.24, 2.45) is 0 Å². The van der Waals surface area contributed by atoms with Crippen LogP contribution in [0.5, 0.6) is 0 Å². The molecule has 21 heavy (non-hydrogen) atoms. The van der Waals surface area contributed by atoms with Crippen LogP contribution >= 0.6 is 23.1 Å². The predicted molar refractivity (Wildman–Crippen MR) is 88.7 cm³/mol. The second-order valence-electron chi connectivity index (χ2n) is 5.07. The first-order chi connectivity index (χ1) is 9.97. The van der Waals surface area contributed by atoms with Gasteiger partial charge in [0.15, 0.2) is 0 Å².